The highest BCUT2D eigenvalue weighted by Gasteiger charge is 2.38. The predicted molar refractivity (Wildman–Crippen MR) is 126 cm³/mol. The number of halogens is 5. The van der Waals surface area contributed by atoms with E-state index in [-0.39, 0.29) is 33.8 Å². The SMILES string of the molecule is C=C(Nc1ccc(-n2c(C(F)(F)F)nc3ccccc32)cc1)c1ccc(C)c(F)c1F.CC(C)=O. The monoisotopic (exact) mass is 487 g/mol. The van der Waals surface area contributed by atoms with Crippen LogP contribution in [0.25, 0.3) is 22.4 Å². The Balaban J connectivity index is 0.000000795. The lowest BCUT2D eigenvalue weighted by Crippen LogP contribution is -2.13. The average molecular weight is 487 g/mol. The molecule has 0 aliphatic heterocycles. The maximum atomic E-state index is 14.2. The molecule has 0 aliphatic rings. The van der Waals surface area contributed by atoms with Gasteiger partial charge < -0.3 is 10.1 Å². The molecular formula is C26H22F5N3O. The van der Waals surface area contributed by atoms with Crippen LogP contribution in [0.2, 0.25) is 0 Å². The number of aromatic nitrogens is 2. The molecule has 0 saturated heterocycles. The van der Waals surface area contributed by atoms with Crippen LogP contribution in [0, 0.1) is 18.6 Å². The normalized spacial score (nSPS) is 11.1. The van der Waals surface area contributed by atoms with Gasteiger partial charge in [0.2, 0.25) is 5.82 Å². The molecule has 0 amide bonds. The number of nitrogens with one attached hydrogen (secondary N) is 1. The van der Waals surface area contributed by atoms with Gasteiger partial charge in [-0.05, 0) is 68.8 Å². The quantitative estimate of drug-likeness (QED) is 0.307. The number of hydrogen-bond donors (Lipinski definition) is 1. The maximum Gasteiger partial charge on any atom is 0.450 e. The molecule has 0 saturated carbocycles. The van der Waals surface area contributed by atoms with Gasteiger partial charge in [-0.2, -0.15) is 13.2 Å². The van der Waals surface area contributed by atoms with E-state index in [9.17, 15) is 26.7 Å². The van der Waals surface area contributed by atoms with Crippen molar-refractivity contribution in [1.29, 1.82) is 0 Å². The Morgan fingerprint density at radius 1 is 0.943 bits per heavy atom. The highest BCUT2D eigenvalue weighted by atomic mass is 19.4. The van der Waals surface area contributed by atoms with Gasteiger partial charge in [-0.3, -0.25) is 4.57 Å². The van der Waals surface area contributed by atoms with Crippen molar-refractivity contribution in [2.24, 2.45) is 0 Å². The first-order chi connectivity index (χ1) is 16.4. The number of Topliss-reactive ketones (excluding diaryl/α,β-unsaturated/α-hetero) is 1. The Bertz CT molecular complexity index is 1380. The van der Waals surface area contributed by atoms with E-state index in [0.717, 1.165) is 4.57 Å². The van der Waals surface area contributed by atoms with Crippen molar-refractivity contribution in [2.45, 2.75) is 26.9 Å². The van der Waals surface area contributed by atoms with Crippen molar-refractivity contribution in [3.05, 3.63) is 95.8 Å². The minimum atomic E-state index is -4.64. The first-order valence-corrected chi connectivity index (χ1v) is 10.4. The predicted octanol–water partition coefficient (Wildman–Crippen LogP) is 7.31. The van der Waals surface area contributed by atoms with Crippen LogP contribution in [0.3, 0.4) is 0 Å². The maximum absolute atomic E-state index is 14.2. The largest absolute Gasteiger partial charge is 0.450 e. The van der Waals surface area contributed by atoms with E-state index >= 15 is 0 Å². The minimum Gasteiger partial charge on any atom is -0.355 e. The molecule has 0 fully saturated rings. The molecule has 0 atom stereocenters. The molecule has 4 nitrogen and oxygen atoms in total. The number of rotatable bonds is 4. The van der Waals surface area contributed by atoms with Crippen molar-refractivity contribution in [2.75, 3.05) is 5.32 Å². The number of aryl methyl sites for hydroxylation is 1. The standard InChI is InChI=1S/C23H16F5N3.C3H6O/c1-13-7-12-17(21(25)20(13)24)14(2)29-15-8-10-16(11-9-15)31-19-6-4-3-5-18(19)30-22(31)23(26,27)28;1-3(2)4/h3-12,29H,2H2,1H3;1-2H3. The molecule has 4 aromatic rings. The second-order valence-corrected chi connectivity index (χ2v) is 7.87. The summed E-state index contributed by atoms with van der Waals surface area (Å²) in [6.45, 7) is 8.24. The highest BCUT2D eigenvalue weighted by molar-refractivity contribution is 5.79. The van der Waals surface area contributed by atoms with Gasteiger partial charge in [0.1, 0.15) is 5.78 Å². The lowest BCUT2D eigenvalue weighted by atomic mass is 10.1. The number of carbonyl (C=O) groups is 1. The van der Waals surface area contributed by atoms with Crippen LogP contribution in [0.15, 0.2) is 67.2 Å². The summed E-state index contributed by atoms with van der Waals surface area (Å²) in [7, 11) is 0. The van der Waals surface area contributed by atoms with E-state index in [1.165, 1.54) is 63.2 Å². The zero-order valence-electron chi connectivity index (χ0n) is 19.2. The van der Waals surface area contributed by atoms with Crippen LogP contribution in [-0.2, 0) is 11.0 Å². The van der Waals surface area contributed by atoms with Gasteiger partial charge in [-0.1, -0.05) is 24.8 Å². The van der Waals surface area contributed by atoms with Crippen LogP contribution < -0.4 is 5.32 Å². The van der Waals surface area contributed by atoms with Crippen LogP contribution in [0.5, 0.6) is 0 Å². The van der Waals surface area contributed by atoms with E-state index in [0.29, 0.717) is 11.2 Å². The van der Waals surface area contributed by atoms with E-state index < -0.39 is 23.6 Å². The third-order valence-electron chi connectivity index (χ3n) is 4.84. The first-order valence-electron chi connectivity index (χ1n) is 10.4. The zero-order valence-corrected chi connectivity index (χ0v) is 19.2. The van der Waals surface area contributed by atoms with Crippen molar-refractivity contribution < 1.29 is 26.7 Å². The topological polar surface area (TPSA) is 46.9 Å². The number of alkyl halides is 3. The fourth-order valence-corrected chi connectivity index (χ4v) is 3.29. The third-order valence-corrected chi connectivity index (χ3v) is 4.84. The molecule has 0 aliphatic carbocycles. The number of benzene rings is 3. The van der Waals surface area contributed by atoms with Crippen molar-refractivity contribution in [3.8, 4) is 5.69 Å². The third kappa shape index (κ3) is 5.74. The minimum absolute atomic E-state index is 0.0351. The Labute approximate surface area is 198 Å². The summed E-state index contributed by atoms with van der Waals surface area (Å²) < 4.78 is 69.6. The number of imidazole rings is 1. The number of ketones is 1. The average Bonchev–Trinajstić information content (AvgIpc) is 3.18. The van der Waals surface area contributed by atoms with Crippen molar-refractivity contribution >= 4 is 28.2 Å². The van der Waals surface area contributed by atoms with Gasteiger partial charge in [0.05, 0.1) is 11.0 Å². The number of carbonyl (C=O) groups excluding carboxylic acids is 1. The molecule has 35 heavy (non-hydrogen) atoms. The highest BCUT2D eigenvalue weighted by Crippen LogP contribution is 2.34. The lowest BCUT2D eigenvalue weighted by molar-refractivity contribution is -0.145. The van der Waals surface area contributed by atoms with Gasteiger partial charge in [0, 0.05) is 22.6 Å². The van der Waals surface area contributed by atoms with E-state index in [1.54, 1.807) is 18.2 Å². The van der Waals surface area contributed by atoms with Crippen molar-refractivity contribution in [1.82, 2.24) is 9.55 Å². The number of anilines is 1. The Kier molecular flexibility index (Phi) is 7.38. The lowest BCUT2D eigenvalue weighted by Gasteiger charge is -2.14. The molecule has 0 bridgehead atoms. The Hall–Kier alpha value is -4.01. The Morgan fingerprint density at radius 3 is 2.14 bits per heavy atom. The fraction of sp³-hybridized carbons (Fsp3) is 0.154. The van der Waals surface area contributed by atoms with Crippen LogP contribution >= 0.6 is 0 Å². The van der Waals surface area contributed by atoms with Gasteiger partial charge in [0.25, 0.3) is 0 Å². The molecule has 0 radical (unpaired) electrons. The van der Waals surface area contributed by atoms with Gasteiger partial charge in [0.15, 0.2) is 11.6 Å². The molecular weight excluding hydrogens is 465 g/mol. The summed E-state index contributed by atoms with van der Waals surface area (Å²) in [6.07, 6.45) is -4.64. The molecule has 1 heterocycles. The summed E-state index contributed by atoms with van der Waals surface area (Å²) in [5, 5.41) is 2.85. The van der Waals surface area contributed by atoms with Gasteiger partial charge in [-0.25, -0.2) is 13.8 Å². The Morgan fingerprint density at radius 2 is 1.54 bits per heavy atom. The second-order valence-electron chi connectivity index (χ2n) is 7.87. The number of para-hydroxylation sites is 2. The molecule has 182 valence electrons. The van der Waals surface area contributed by atoms with Gasteiger partial charge in [-0.15, -0.1) is 0 Å². The van der Waals surface area contributed by atoms with E-state index in [1.807, 2.05) is 0 Å². The van der Waals surface area contributed by atoms with E-state index in [4.69, 9.17) is 0 Å². The number of fused-ring (bicyclic) bond motifs is 1. The van der Waals surface area contributed by atoms with Gasteiger partial charge >= 0.3 is 6.18 Å². The molecule has 4 rings (SSSR count). The molecule has 1 N–H and O–H groups in total. The molecule has 3 aromatic carbocycles. The molecule has 0 unspecified atom stereocenters. The molecule has 0 spiro atoms. The summed E-state index contributed by atoms with van der Waals surface area (Å²) in [4.78, 5) is 13.2. The van der Waals surface area contributed by atoms with Crippen LogP contribution in [0.1, 0.15) is 30.8 Å². The first kappa shape index (κ1) is 25.6. The number of nitrogens with zero attached hydrogens (tertiary/aromatic N) is 2. The summed E-state index contributed by atoms with van der Waals surface area (Å²) in [5.41, 5.74) is 1.50. The summed E-state index contributed by atoms with van der Waals surface area (Å²) >= 11 is 0. The second kappa shape index (κ2) is 10.1. The summed E-state index contributed by atoms with van der Waals surface area (Å²) in [5.74, 6) is -2.84. The smallest absolute Gasteiger partial charge is 0.355 e. The molecule has 1 aromatic heterocycles. The van der Waals surface area contributed by atoms with Crippen molar-refractivity contribution in [3.63, 3.8) is 0 Å². The van der Waals surface area contributed by atoms with E-state index in [2.05, 4.69) is 16.9 Å². The van der Waals surface area contributed by atoms with Crippen LogP contribution in [-0.4, -0.2) is 15.3 Å². The number of hydrogen-bond acceptors (Lipinski definition) is 3. The van der Waals surface area contributed by atoms with Crippen LogP contribution in [0.4, 0.5) is 27.6 Å². The zero-order chi connectivity index (χ0) is 25.9. The molecule has 9 heteroatoms. The summed E-state index contributed by atoms with van der Waals surface area (Å²) in [6, 6.07) is 15.2. The fourth-order valence-electron chi connectivity index (χ4n) is 3.29.